The zero-order chi connectivity index (χ0) is 99.4. The maximum absolute atomic E-state index is 13.5. The molecule has 137 heavy (non-hydrogen) atoms. The summed E-state index contributed by atoms with van der Waals surface area (Å²) < 4.78 is 13.5. The molecule has 0 aromatic heterocycles. The van der Waals surface area contributed by atoms with Gasteiger partial charge in [0, 0.05) is 35.2 Å². The molecule has 25 N–H and O–H groups in total. The van der Waals surface area contributed by atoms with E-state index in [1.165, 1.54) is 57.0 Å². The lowest BCUT2D eigenvalue weighted by atomic mass is 9.73. The SMILES string of the molecule is CC(c1ccccc1)N1CCC(C(N)(CCCCB(O)O)C(=O)O)CC1.NC(CCCCB(O)O)(C(=O)O)C1CCN(C2CCCc3ccccc32)CC1.NC(CCCCB(O)O)(C(=O)O)C1CCN(C2CCc3cc(Cl)ccc32)CC1.NC(CCCCB(O)O)(C(=O)O)C1CCN(C2CCc3cc(F)ccc32)CC1.NC(CCCCB(O)O)(C(=O)O)C1CCN(C2CCc3ccccc32)CC1. The van der Waals surface area contributed by atoms with Gasteiger partial charge in [0.2, 0.25) is 0 Å². The van der Waals surface area contributed by atoms with Gasteiger partial charge in [0.15, 0.2) is 0 Å². The number of halogens is 2. The summed E-state index contributed by atoms with van der Waals surface area (Å²) >= 11 is 6.11. The zero-order valence-electron chi connectivity index (χ0n) is 80.4. The lowest BCUT2D eigenvalue weighted by molar-refractivity contribution is -0.148. The van der Waals surface area contributed by atoms with Crippen molar-refractivity contribution in [3.05, 3.63) is 176 Å². The molecule has 5 aromatic rings. The molecular formula is C100H155B5ClFN10O20. The van der Waals surface area contributed by atoms with Crippen molar-refractivity contribution in [1.29, 1.82) is 0 Å². The lowest BCUT2D eigenvalue weighted by Gasteiger charge is -2.44. The molecule has 9 aliphatic rings. The molecule has 14 rings (SSSR count). The number of aryl methyl sites for hydroxylation is 4. The maximum Gasteiger partial charge on any atom is 0.451 e. The van der Waals surface area contributed by atoms with Crippen LogP contribution >= 0.6 is 11.6 Å². The molecule has 0 saturated carbocycles. The van der Waals surface area contributed by atoms with E-state index in [1.54, 1.807) is 6.07 Å². The minimum Gasteiger partial charge on any atom is -0.480 e. The topological polar surface area (TPSA) is 535 Å². The number of fused-ring (bicyclic) bond motifs is 4. The van der Waals surface area contributed by atoms with Gasteiger partial charge in [0.25, 0.3) is 0 Å². The maximum atomic E-state index is 13.5. The Morgan fingerprint density at radius 3 is 0.912 bits per heavy atom. The van der Waals surface area contributed by atoms with Crippen molar-refractivity contribution < 1.29 is 104 Å². The lowest BCUT2D eigenvalue weighted by Crippen LogP contribution is -2.57. The first-order chi connectivity index (χ1) is 65.3. The van der Waals surface area contributed by atoms with Gasteiger partial charge in [-0.25, -0.2) is 4.39 Å². The van der Waals surface area contributed by atoms with Crippen LogP contribution in [0.1, 0.15) is 280 Å². The third kappa shape index (κ3) is 30.9. The van der Waals surface area contributed by atoms with Crippen LogP contribution in [0.15, 0.2) is 115 Å². The Morgan fingerprint density at radius 1 is 0.336 bits per heavy atom. The fraction of sp³-hybridized carbons (Fsp3) is 0.650. The number of aliphatic carboxylic acids is 5. The van der Waals surface area contributed by atoms with Crippen molar-refractivity contribution in [2.75, 3.05) is 65.4 Å². The summed E-state index contributed by atoms with van der Waals surface area (Å²) in [7, 11) is -6.71. The quantitative estimate of drug-likeness (QED) is 0.0128. The molecule has 0 radical (unpaired) electrons. The fourth-order valence-electron chi connectivity index (χ4n) is 23.7. The van der Waals surface area contributed by atoms with Gasteiger partial charge in [0.05, 0.1) is 0 Å². The Hall–Kier alpha value is -6.81. The van der Waals surface area contributed by atoms with Crippen LogP contribution in [0.25, 0.3) is 0 Å². The number of hydrogen-bond acceptors (Lipinski definition) is 25. The Kier molecular flexibility index (Phi) is 43.8. The predicted molar refractivity (Wildman–Crippen MR) is 533 cm³/mol. The van der Waals surface area contributed by atoms with E-state index in [-0.39, 0.29) is 73.0 Å². The molecule has 5 aliphatic heterocycles. The molecular weight excluding hydrogens is 1770 g/mol. The van der Waals surface area contributed by atoms with Gasteiger partial charge in [-0.3, -0.25) is 48.5 Å². The number of nitrogens with zero attached hydrogens (tertiary/aromatic N) is 5. The van der Waals surface area contributed by atoms with Gasteiger partial charge in [-0.05, 0) is 362 Å². The second kappa shape index (κ2) is 53.5. The van der Waals surface area contributed by atoms with E-state index in [9.17, 15) is 53.9 Å². The van der Waals surface area contributed by atoms with Crippen molar-refractivity contribution in [3.8, 4) is 0 Å². The first-order valence-electron chi connectivity index (χ1n) is 50.7. The third-order valence-electron chi connectivity index (χ3n) is 32.1. The van der Waals surface area contributed by atoms with Crippen LogP contribution in [0, 0.1) is 35.4 Å². The summed E-state index contributed by atoms with van der Waals surface area (Å²) in [6.07, 6.45) is 26.2. The highest BCUT2D eigenvalue weighted by Crippen LogP contribution is 2.47. The van der Waals surface area contributed by atoms with E-state index >= 15 is 0 Å². The number of hydrogen-bond donors (Lipinski definition) is 20. The molecule has 0 bridgehead atoms. The summed E-state index contributed by atoms with van der Waals surface area (Å²) in [5.41, 5.74) is 37.6. The van der Waals surface area contributed by atoms with E-state index in [0.29, 0.717) is 120 Å². The molecule has 5 aromatic carbocycles. The Bertz CT molecular complexity index is 4460. The molecule has 4 aliphatic carbocycles. The number of carboxylic acid groups (broad SMARTS) is 5. The van der Waals surface area contributed by atoms with Crippen LogP contribution in [-0.2, 0) is 49.7 Å². The number of unbranched alkanes of at least 4 members (excludes halogenated alkanes) is 5. The standard InChI is InChI=1S/C21H33BN2O4.C20H30BClN2O4.C20H30BFN2O4.C20H31BN2O4.C19H31BN2O4/c23-21(20(25)26,12-3-4-13-22(27)28)17-10-14-24(15-11-17)19-9-5-7-16-6-1-2-8-18(16)19;2*22-16-4-5-17-14(13-16)3-6-18(17)24-11-7-15(8-12-24)20(23,19(25)26)9-1-2-10-21(27)28;22-20(19(24)25,11-3-4-12-21(26)27)16-9-13-23(14-10-16)18-8-7-15-5-1-2-6-17(15)18;1-15(16-7-3-2-4-8-16)22-13-9-17(10-14-22)19(21,18(23)24)11-5-6-12-20(25)26/h1-2,6,8,17,19,27-28H,3-5,7,9-15,23H2,(H,25,26);2*4-5,13,15,18,27-28H,1-3,6-12,23H2,(H,25,26);1-2,5-6,16,18,26-27H,3-4,7-14,22H2,(H,24,25);2-4,7-8,15,17,25-26H,5-6,9-14,21H2,1H3,(H,23,24). The number of carbonyl (C=O) groups is 5. The average molecular weight is 1930 g/mol. The summed E-state index contributed by atoms with van der Waals surface area (Å²) in [5, 5.41) is 139. The van der Waals surface area contributed by atoms with Crippen molar-refractivity contribution in [2.24, 2.45) is 58.3 Å². The highest BCUT2D eigenvalue weighted by molar-refractivity contribution is 6.42. The minimum atomic E-state index is -1.36. The molecule has 0 spiro atoms. The molecule has 5 heterocycles. The summed E-state index contributed by atoms with van der Waals surface area (Å²) in [6, 6.07) is 40.7. The van der Waals surface area contributed by atoms with Gasteiger partial charge < -0.3 is 104 Å². The number of benzene rings is 5. The first kappa shape index (κ1) is 112. The van der Waals surface area contributed by atoms with E-state index in [0.717, 1.165) is 192 Å². The monoisotopic (exact) mass is 1930 g/mol. The third-order valence-corrected chi connectivity index (χ3v) is 32.4. The molecule has 754 valence electrons. The fourth-order valence-corrected chi connectivity index (χ4v) is 23.9. The number of rotatable bonds is 41. The van der Waals surface area contributed by atoms with Gasteiger partial charge in [-0.15, -0.1) is 0 Å². The average Bonchev–Trinajstić information content (AvgIpc) is 1.69. The highest BCUT2D eigenvalue weighted by Gasteiger charge is 2.50. The zero-order valence-corrected chi connectivity index (χ0v) is 81.2. The Balaban J connectivity index is 0.000000177. The second-order valence-corrected chi connectivity index (χ2v) is 41.1. The predicted octanol–water partition coefficient (Wildman–Crippen LogP) is 10.3. The number of carboxylic acids is 5. The van der Waals surface area contributed by atoms with E-state index in [4.69, 9.17) is 90.5 Å². The first-order valence-corrected chi connectivity index (χ1v) is 51.1. The summed E-state index contributed by atoms with van der Waals surface area (Å²) in [4.78, 5) is 71.8. The van der Waals surface area contributed by atoms with Crippen LogP contribution < -0.4 is 28.7 Å². The largest absolute Gasteiger partial charge is 0.480 e. The van der Waals surface area contributed by atoms with Crippen LogP contribution in [0.4, 0.5) is 4.39 Å². The molecule has 10 unspecified atom stereocenters. The van der Waals surface area contributed by atoms with E-state index in [1.807, 2.05) is 30.3 Å². The second-order valence-electron chi connectivity index (χ2n) is 40.7. The molecule has 0 amide bonds. The summed E-state index contributed by atoms with van der Waals surface area (Å²) in [5.74, 6) is -5.23. The van der Waals surface area contributed by atoms with Crippen LogP contribution in [0.3, 0.4) is 0 Å². The molecule has 5 saturated heterocycles. The van der Waals surface area contributed by atoms with Crippen LogP contribution in [-0.4, -0.2) is 259 Å². The van der Waals surface area contributed by atoms with Gasteiger partial charge in [0.1, 0.15) is 33.5 Å². The van der Waals surface area contributed by atoms with Crippen molar-refractivity contribution in [3.63, 3.8) is 0 Å². The molecule has 5 fully saturated rings. The number of likely N-dealkylation sites (tertiary alicyclic amines) is 5. The van der Waals surface area contributed by atoms with E-state index < -0.39 is 93.1 Å². The van der Waals surface area contributed by atoms with E-state index in [2.05, 4.69) is 104 Å². The normalized spacial score (nSPS) is 22.2. The van der Waals surface area contributed by atoms with Crippen LogP contribution in [0.2, 0.25) is 36.6 Å². The van der Waals surface area contributed by atoms with Crippen molar-refractivity contribution in [1.82, 2.24) is 24.5 Å². The number of piperidine rings is 5. The van der Waals surface area contributed by atoms with Gasteiger partial charge in [-0.2, -0.15) is 0 Å². The Morgan fingerprint density at radius 2 is 0.599 bits per heavy atom. The van der Waals surface area contributed by atoms with Crippen LogP contribution in [0.5, 0.6) is 0 Å². The highest BCUT2D eigenvalue weighted by atomic mass is 35.5. The minimum absolute atomic E-state index is 0.0399. The van der Waals surface area contributed by atoms with Gasteiger partial charge in [-0.1, -0.05) is 167 Å². The molecule has 37 heteroatoms. The number of nitrogens with two attached hydrogens (primary N) is 5. The Labute approximate surface area is 815 Å². The summed E-state index contributed by atoms with van der Waals surface area (Å²) in [6.45, 7) is 10.6. The van der Waals surface area contributed by atoms with Gasteiger partial charge >= 0.3 is 65.4 Å². The van der Waals surface area contributed by atoms with Crippen molar-refractivity contribution >= 4 is 77.0 Å². The molecule has 10 atom stereocenters. The molecule has 30 nitrogen and oxygen atoms in total. The van der Waals surface area contributed by atoms with Crippen molar-refractivity contribution in [2.45, 2.75) is 315 Å². The smallest absolute Gasteiger partial charge is 0.451 e.